The molecule has 9 aromatic rings. The van der Waals surface area contributed by atoms with Crippen LogP contribution in [0.3, 0.4) is 0 Å². The lowest BCUT2D eigenvalue weighted by molar-refractivity contribution is 1.19. The van der Waals surface area contributed by atoms with E-state index in [9.17, 15) is 0 Å². The summed E-state index contributed by atoms with van der Waals surface area (Å²) in [5.41, 5.74) is 8.61. The molecule has 0 atom stereocenters. The third-order valence-electron chi connectivity index (χ3n) is 8.97. The van der Waals surface area contributed by atoms with Gasteiger partial charge in [-0.1, -0.05) is 152 Å². The van der Waals surface area contributed by atoms with Gasteiger partial charge < -0.3 is 4.57 Å². The van der Waals surface area contributed by atoms with Crippen molar-refractivity contribution >= 4 is 54.1 Å². The smallest absolute Gasteiger partial charge is 0.0626 e. The molecule has 0 amide bonds. The Morgan fingerprint density at radius 2 is 0.837 bits per heavy atom. The van der Waals surface area contributed by atoms with Gasteiger partial charge in [0.1, 0.15) is 0 Å². The fraction of sp³-hybridized carbons (Fsp3) is 0. The van der Waals surface area contributed by atoms with E-state index in [2.05, 4.69) is 168 Å². The summed E-state index contributed by atoms with van der Waals surface area (Å²) >= 11 is 0. The maximum atomic E-state index is 2.51. The van der Waals surface area contributed by atoms with Crippen molar-refractivity contribution in [3.05, 3.63) is 164 Å². The summed E-state index contributed by atoms with van der Waals surface area (Å²) in [5, 5.41) is 10.3. The molecule has 1 heterocycles. The largest absolute Gasteiger partial charge is 0.308 e. The summed E-state index contributed by atoms with van der Waals surface area (Å²) in [6, 6.07) is 59.6. The van der Waals surface area contributed by atoms with Crippen LogP contribution in [-0.4, -0.2) is 4.57 Å². The Labute approximate surface area is 249 Å². The van der Waals surface area contributed by atoms with Crippen LogP contribution < -0.4 is 0 Å². The van der Waals surface area contributed by atoms with Crippen LogP contribution >= 0.6 is 0 Å². The van der Waals surface area contributed by atoms with Gasteiger partial charge in [0.25, 0.3) is 0 Å². The number of hydrogen-bond acceptors (Lipinski definition) is 0. The zero-order valence-corrected chi connectivity index (χ0v) is 23.5. The molecule has 1 aromatic heterocycles. The van der Waals surface area contributed by atoms with Gasteiger partial charge in [-0.3, -0.25) is 0 Å². The van der Waals surface area contributed by atoms with Gasteiger partial charge in [0.15, 0.2) is 0 Å². The third-order valence-corrected chi connectivity index (χ3v) is 8.97. The van der Waals surface area contributed by atoms with Crippen LogP contribution in [0.15, 0.2) is 164 Å². The lowest BCUT2D eigenvalue weighted by atomic mass is 9.94. The van der Waals surface area contributed by atoms with Gasteiger partial charge >= 0.3 is 0 Å². The van der Waals surface area contributed by atoms with E-state index in [1.807, 2.05) is 0 Å². The minimum Gasteiger partial charge on any atom is -0.308 e. The predicted octanol–water partition coefficient (Wildman–Crippen LogP) is 11.6. The molecule has 8 aromatic carbocycles. The van der Waals surface area contributed by atoms with Crippen molar-refractivity contribution in [2.75, 3.05) is 0 Å². The summed E-state index contributed by atoms with van der Waals surface area (Å²) < 4.78 is 2.51. The van der Waals surface area contributed by atoms with Gasteiger partial charge in [0, 0.05) is 27.2 Å². The van der Waals surface area contributed by atoms with E-state index in [0.29, 0.717) is 0 Å². The van der Waals surface area contributed by atoms with E-state index in [0.717, 1.165) is 5.69 Å². The lowest BCUT2D eigenvalue weighted by Gasteiger charge is -2.14. The molecule has 0 N–H and O–H groups in total. The Hall–Kier alpha value is -5.66. The molecule has 0 saturated carbocycles. The Morgan fingerprint density at radius 1 is 0.302 bits per heavy atom. The Morgan fingerprint density at radius 3 is 1.56 bits per heavy atom. The summed E-state index contributed by atoms with van der Waals surface area (Å²) in [6.45, 7) is 0. The molecule has 0 aliphatic rings. The van der Waals surface area contributed by atoms with E-state index < -0.39 is 0 Å². The molecule has 0 spiro atoms. The minimum atomic E-state index is 1.16. The van der Waals surface area contributed by atoms with Crippen LogP contribution in [-0.2, 0) is 0 Å². The fourth-order valence-corrected chi connectivity index (χ4v) is 7.09. The van der Waals surface area contributed by atoms with Gasteiger partial charge in [-0.05, 0) is 55.9 Å². The standard InChI is InChI=1S/C42H27N/c1-2-12-28(13-3-1)32-15-6-7-16-33(32)30-22-25-31(26-23-30)43-41-34-17-5-4-14-29(34)24-27-39(41)40-37-20-10-8-18-35(37)36-19-9-11-21-38(36)42(40)43/h1-27H. The Balaban J connectivity index is 1.38. The van der Waals surface area contributed by atoms with Crippen molar-refractivity contribution in [2.24, 2.45) is 0 Å². The van der Waals surface area contributed by atoms with Crippen molar-refractivity contribution < 1.29 is 0 Å². The number of rotatable bonds is 3. The van der Waals surface area contributed by atoms with Crippen LogP contribution in [0.5, 0.6) is 0 Å². The van der Waals surface area contributed by atoms with Crippen LogP contribution in [0, 0.1) is 0 Å². The Kier molecular flexibility index (Phi) is 5.27. The molecule has 0 aliphatic heterocycles. The highest BCUT2D eigenvalue weighted by atomic mass is 15.0. The van der Waals surface area contributed by atoms with Gasteiger partial charge in [-0.2, -0.15) is 0 Å². The second-order valence-electron chi connectivity index (χ2n) is 11.3. The molecule has 43 heavy (non-hydrogen) atoms. The van der Waals surface area contributed by atoms with Crippen LogP contribution in [0.4, 0.5) is 0 Å². The monoisotopic (exact) mass is 545 g/mol. The average molecular weight is 546 g/mol. The summed E-state index contributed by atoms with van der Waals surface area (Å²) in [5.74, 6) is 0. The minimum absolute atomic E-state index is 1.16. The predicted molar refractivity (Wildman–Crippen MR) is 184 cm³/mol. The zero-order valence-electron chi connectivity index (χ0n) is 23.5. The first-order chi connectivity index (χ1) is 21.4. The number of fused-ring (bicyclic) bond motifs is 10. The molecular formula is C42H27N. The molecule has 1 heteroatoms. The SMILES string of the molecule is c1ccc(-c2ccccc2-c2ccc(-n3c4c5ccccc5ccc4c4c5ccccc5c5ccccc5c43)cc2)cc1. The third kappa shape index (κ3) is 3.58. The van der Waals surface area contributed by atoms with E-state index in [1.165, 1.54) is 76.4 Å². The van der Waals surface area contributed by atoms with Gasteiger partial charge in [-0.15, -0.1) is 0 Å². The quantitative estimate of drug-likeness (QED) is 0.195. The van der Waals surface area contributed by atoms with Crippen molar-refractivity contribution in [3.63, 3.8) is 0 Å². The topological polar surface area (TPSA) is 4.93 Å². The van der Waals surface area contributed by atoms with Crippen LogP contribution in [0.25, 0.3) is 82.1 Å². The lowest BCUT2D eigenvalue weighted by Crippen LogP contribution is -1.96. The van der Waals surface area contributed by atoms with E-state index >= 15 is 0 Å². The number of benzene rings is 8. The number of hydrogen-bond donors (Lipinski definition) is 0. The highest BCUT2D eigenvalue weighted by molar-refractivity contribution is 6.34. The second-order valence-corrected chi connectivity index (χ2v) is 11.3. The van der Waals surface area contributed by atoms with Gasteiger partial charge in [0.05, 0.1) is 11.0 Å². The molecule has 0 fully saturated rings. The molecule has 200 valence electrons. The molecular weight excluding hydrogens is 518 g/mol. The molecule has 0 saturated heterocycles. The maximum Gasteiger partial charge on any atom is 0.0626 e. The average Bonchev–Trinajstić information content (AvgIpc) is 3.45. The number of nitrogens with zero attached hydrogens (tertiary/aromatic N) is 1. The number of aromatic nitrogens is 1. The van der Waals surface area contributed by atoms with Crippen molar-refractivity contribution in [2.45, 2.75) is 0 Å². The van der Waals surface area contributed by atoms with Crippen molar-refractivity contribution in [3.8, 4) is 27.9 Å². The summed E-state index contributed by atoms with van der Waals surface area (Å²) in [6.07, 6.45) is 0. The first-order valence-electron chi connectivity index (χ1n) is 14.9. The van der Waals surface area contributed by atoms with Gasteiger partial charge in [-0.25, -0.2) is 0 Å². The Bertz CT molecular complexity index is 2480. The molecule has 1 nitrogen and oxygen atoms in total. The summed E-state index contributed by atoms with van der Waals surface area (Å²) in [7, 11) is 0. The highest BCUT2D eigenvalue weighted by Gasteiger charge is 2.20. The van der Waals surface area contributed by atoms with Crippen molar-refractivity contribution in [1.82, 2.24) is 4.57 Å². The molecule has 0 radical (unpaired) electrons. The fourth-order valence-electron chi connectivity index (χ4n) is 7.09. The first kappa shape index (κ1) is 24.0. The zero-order chi connectivity index (χ0) is 28.3. The van der Waals surface area contributed by atoms with Crippen LogP contribution in [0.1, 0.15) is 0 Å². The maximum absolute atomic E-state index is 2.51. The normalized spacial score (nSPS) is 11.7. The van der Waals surface area contributed by atoms with Crippen LogP contribution in [0.2, 0.25) is 0 Å². The highest BCUT2D eigenvalue weighted by Crippen LogP contribution is 2.44. The molecule has 9 rings (SSSR count). The molecule has 0 unspecified atom stereocenters. The molecule has 0 bridgehead atoms. The molecule has 0 aliphatic carbocycles. The van der Waals surface area contributed by atoms with E-state index in [1.54, 1.807) is 0 Å². The van der Waals surface area contributed by atoms with E-state index in [4.69, 9.17) is 0 Å². The van der Waals surface area contributed by atoms with E-state index in [-0.39, 0.29) is 0 Å². The summed E-state index contributed by atoms with van der Waals surface area (Å²) in [4.78, 5) is 0. The second kappa shape index (κ2) is 9.44. The van der Waals surface area contributed by atoms with Gasteiger partial charge in [0.2, 0.25) is 0 Å². The first-order valence-corrected chi connectivity index (χ1v) is 14.9. The van der Waals surface area contributed by atoms with Crippen molar-refractivity contribution in [1.29, 1.82) is 0 Å².